The summed E-state index contributed by atoms with van der Waals surface area (Å²) in [5, 5.41) is 8.09. The predicted octanol–water partition coefficient (Wildman–Crippen LogP) is 4.85. The Morgan fingerprint density at radius 1 is 0.903 bits per heavy atom. The van der Waals surface area contributed by atoms with Gasteiger partial charge in [-0.1, -0.05) is 18.2 Å². The zero-order chi connectivity index (χ0) is 22.0. The summed E-state index contributed by atoms with van der Waals surface area (Å²) in [5.74, 6) is -0.158. The lowest BCUT2D eigenvalue weighted by Gasteiger charge is -2.14. The van der Waals surface area contributed by atoms with Gasteiger partial charge < -0.3 is 10.6 Å². The molecule has 3 aromatic carbocycles. The molecule has 4 aromatic rings. The highest BCUT2D eigenvalue weighted by atomic mass is 32.2. The summed E-state index contributed by atoms with van der Waals surface area (Å²) in [6.07, 6.45) is 0. The molecule has 0 radical (unpaired) electrons. The molecule has 1 aromatic heterocycles. The van der Waals surface area contributed by atoms with E-state index < -0.39 is 10.0 Å². The zero-order valence-electron chi connectivity index (χ0n) is 17.1. The Bertz CT molecular complexity index is 1380. The van der Waals surface area contributed by atoms with Gasteiger partial charge >= 0.3 is 0 Å². The highest BCUT2D eigenvalue weighted by Crippen LogP contribution is 2.32. The number of fused-ring (bicyclic) bond motifs is 2. The van der Waals surface area contributed by atoms with Gasteiger partial charge in [-0.15, -0.1) is 0 Å². The van der Waals surface area contributed by atoms with Crippen LogP contribution in [0.5, 0.6) is 0 Å². The lowest BCUT2D eigenvalue weighted by molar-refractivity contribution is -0.114. The number of rotatable bonds is 6. The van der Waals surface area contributed by atoms with Gasteiger partial charge in [0, 0.05) is 34.8 Å². The first kappa shape index (κ1) is 20.6. The van der Waals surface area contributed by atoms with Crippen LogP contribution in [0.25, 0.3) is 21.8 Å². The minimum absolute atomic E-state index is 0.00981. The number of hydrogen-bond acceptors (Lipinski definition) is 5. The number of pyridine rings is 1. The molecule has 0 bridgehead atoms. The van der Waals surface area contributed by atoms with Gasteiger partial charge in [-0.3, -0.25) is 9.52 Å². The second kappa shape index (κ2) is 8.23. The van der Waals surface area contributed by atoms with E-state index in [0.717, 1.165) is 33.2 Å². The molecule has 0 atom stereocenters. The van der Waals surface area contributed by atoms with Gasteiger partial charge in [0.1, 0.15) is 0 Å². The molecular weight excluding hydrogens is 412 g/mol. The molecule has 0 aliphatic heterocycles. The number of hydrogen-bond donors (Lipinski definition) is 3. The van der Waals surface area contributed by atoms with Crippen molar-refractivity contribution in [2.75, 3.05) is 21.1 Å². The molecule has 0 spiro atoms. The van der Waals surface area contributed by atoms with Crippen LogP contribution in [0.15, 0.2) is 66.7 Å². The van der Waals surface area contributed by atoms with Crippen LogP contribution in [0.2, 0.25) is 0 Å². The first-order valence-corrected chi connectivity index (χ1v) is 11.5. The molecule has 4 rings (SSSR count). The van der Waals surface area contributed by atoms with Crippen molar-refractivity contribution < 1.29 is 13.2 Å². The van der Waals surface area contributed by atoms with Gasteiger partial charge in [0.15, 0.2) is 0 Å². The van der Waals surface area contributed by atoms with E-state index in [9.17, 15) is 13.2 Å². The molecule has 1 heterocycles. The van der Waals surface area contributed by atoms with Crippen LogP contribution in [0.1, 0.15) is 13.8 Å². The van der Waals surface area contributed by atoms with Crippen LogP contribution in [0.4, 0.5) is 22.7 Å². The van der Waals surface area contributed by atoms with Gasteiger partial charge in [-0.25, -0.2) is 13.4 Å². The minimum Gasteiger partial charge on any atom is -0.355 e. The van der Waals surface area contributed by atoms with E-state index in [1.165, 1.54) is 6.92 Å². The highest BCUT2D eigenvalue weighted by molar-refractivity contribution is 7.92. The molecule has 0 aliphatic carbocycles. The van der Waals surface area contributed by atoms with Crippen LogP contribution >= 0.6 is 0 Å². The van der Waals surface area contributed by atoms with E-state index in [1.54, 1.807) is 31.2 Å². The minimum atomic E-state index is -3.33. The summed E-state index contributed by atoms with van der Waals surface area (Å²) in [7, 11) is -3.33. The molecule has 1 amide bonds. The average Bonchev–Trinajstić information content (AvgIpc) is 2.73. The lowest BCUT2D eigenvalue weighted by Crippen LogP contribution is -2.14. The lowest BCUT2D eigenvalue weighted by atomic mass is 10.1. The Morgan fingerprint density at radius 2 is 1.61 bits per heavy atom. The van der Waals surface area contributed by atoms with Gasteiger partial charge in [0.2, 0.25) is 15.9 Å². The number of amides is 1. The molecule has 8 heteroatoms. The Kier molecular flexibility index (Phi) is 5.48. The molecule has 0 aliphatic rings. The van der Waals surface area contributed by atoms with E-state index in [1.807, 2.05) is 36.4 Å². The first-order chi connectivity index (χ1) is 14.8. The third-order valence-electron chi connectivity index (χ3n) is 4.77. The Balaban J connectivity index is 1.74. The number of nitrogens with one attached hydrogen (secondary N) is 3. The average molecular weight is 435 g/mol. The van der Waals surface area contributed by atoms with Crippen LogP contribution < -0.4 is 15.4 Å². The molecule has 0 saturated carbocycles. The standard InChI is InChI=1S/C23H22N4O3S/c1-3-31(29,30)27-18-10-8-17(9-11-18)25-22-13-19(24-15(2)28)14-23-20(22)12-16-6-4-5-7-21(16)26-23/h4-14,25,27H,3H2,1-2H3,(H,24,28). The maximum absolute atomic E-state index is 11.8. The van der Waals surface area contributed by atoms with Crippen molar-refractivity contribution in [3.8, 4) is 0 Å². The van der Waals surface area contributed by atoms with E-state index >= 15 is 0 Å². The largest absolute Gasteiger partial charge is 0.355 e. The highest BCUT2D eigenvalue weighted by Gasteiger charge is 2.10. The van der Waals surface area contributed by atoms with Crippen LogP contribution in [0.3, 0.4) is 0 Å². The van der Waals surface area contributed by atoms with Gasteiger partial charge in [-0.05, 0) is 55.5 Å². The number of aromatic nitrogens is 1. The summed E-state index contributed by atoms with van der Waals surface area (Å²) in [4.78, 5) is 16.3. The summed E-state index contributed by atoms with van der Waals surface area (Å²) in [5.41, 5.74) is 4.30. The summed E-state index contributed by atoms with van der Waals surface area (Å²) < 4.78 is 26.0. The number of nitrogens with zero attached hydrogens (tertiary/aromatic N) is 1. The van der Waals surface area contributed by atoms with Crippen molar-refractivity contribution in [2.45, 2.75) is 13.8 Å². The number of carbonyl (C=O) groups is 1. The van der Waals surface area contributed by atoms with Crippen molar-refractivity contribution in [3.05, 3.63) is 66.7 Å². The normalized spacial score (nSPS) is 11.4. The molecular formula is C23H22N4O3S. The fourth-order valence-corrected chi connectivity index (χ4v) is 3.93. The van der Waals surface area contributed by atoms with E-state index in [0.29, 0.717) is 11.4 Å². The second-order valence-electron chi connectivity index (χ2n) is 7.16. The number of sulfonamides is 1. The molecule has 0 unspecified atom stereocenters. The predicted molar refractivity (Wildman–Crippen MR) is 126 cm³/mol. The molecule has 158 valence electrons. The number of benzene rings is 3. The Hall–Kier alpha value is -3.65. The fourth-order valence-electron chi connectivity index (χ4n) is 3.29. The third kappa shape index (κ3) is 4.75. The second-order valence-corrected chi connectivity index (χ2v) is 9.17. The third-order valence-corrected chi connectivity index (χ3v) is 6.08. The summed E-state index contributed by atoms with van der Waals surface area (Å²) in [6, 6.07) is 20.6. The zero-order valence-corrected chi connectivity index (χ0v) is 18.0. The number of carbonyl (C=O) groups excluding carboxylic acids is 1. The van der Waals surface area contributed by atoms with Gasteiger partial charge in [0.25, 0.3) is 0 Å². The topological polar surface area (TPSA) is 100 Å². The van der Waals surface area contributed by atoms with E-state index in [2.05, 4.69) is 21.4 Å². The van der Waals surface area contributed by atoms with E-state index in [-0.39, 0.29) is 11.7 Å². The maximum atomic E-state index is 11.8. The molecule has 0 saturated heterocycles. The SMILES string of the molecule is CCS(=O)(=O)Nc1ccc(Nc2cc(NC(C)=O)cc3nc4ccccc4cc23)cc1. The van der Waals surface area contributed by atoms with Crippen molar-refractivity contribution in [1.29, 1.82) is 0 Å². The van der Waals surface area contributed by atoms with Crippen molar-refractivity contribution in [3.63, 3.8) is 0 Å². The van der Waals surface area contributed by atoms with E-state index in [4.69, 9.17) is 4.98 Å². The summed E-state index contributed by atoms with van der Waals surface area (Å²) >= 11 is 0. The van der Waals surface area contributed by atoms with Gasteiger partial charge in [0.05, 0.1) is 22.5 Å². The van der Waals surface area contributed by atoms with Crippen molar-refractivity contribution in [1.82, 2.24) is 4.98 Å². The monoisotopic (exact) mass is 434 g/mol. The Labute approximate surface area is 180 Å². The van der Waals surface area contributed by atoms with Crippen LogP contribution in [-0.2, 0) is 14.8 Å². The number of anilines is 4. The van der Waals surface area contributed by atoms with Crippen LogP contribution in [-0.4, -0.2) is 25.1 Å². The molecule has 7 nitrogen and oxygen atoms in total. The van der Waals surface area contributed by atoms with Crippen LogP contribution in [0, 0.1) is 0 Å². The quantitative estimate of drug-likeness (QED) is 0.377. The smallest absolute Gasteiger partial charge is 0.232 e. The summed E-state index contributed by atoms with van der Waals surface area (Å²) in [6.45, 7) is 3.05. The molecule has 0 fully saturated rings. The number of para-hydroxylation sites is 1. The maximum Gasteiger partial charge on any atom is 0.232 e. The Morgan fingerprint density at radius 3 is 2.32 bits per heavy atom. The molecule has 31 heavy (non-hydrogen) atoms. The van der Waals surface area contributed by atoms with Gasteiger partial charge in [-0.2, -0.15) is 0 Å². The van der Waals surface area contributed by atoms with Crippen molar-refractivity contribution >= 4 is 60.5 Å². The fraction of sp³-hybridized carbons (Fsp3) is 0.130. The van der Waals surface area contributed by atoms with Crippen molar-refractivity contribution in [2.24, 2.45) is 0 Å². The first-order valence-electron chi connectivity index (χ1n) is 9.82. The molecule has 3 N–H and O–H groups in total.